The van der Waals surface area contributed by atoms with Gasteiger partial charge in [0.1, 0.15) is 12.1 Å². The van der Waals surface area contributed by atoms with Gasteiger partial charge < -0.3 is 41.7 Å². The number of hydrogen-bond acceptors (Lipinski definition) is 9. The van der Waals surface area contributed by atoms with Crippen molar-refractivity contribution in [3.63, 3.8) is 0 Å². The molecule has 0 heterocycles. The molecule has 17 nitrogen and oxygen atoms in total. The van der Waals surface area contributed by atoms with Gasteiger partial charge >= 0.3 is 23.9 Å². The standard InChI is InChI=1S/C29H44N4O13/c1-16(34)19(10-13-25(39)40)32-28(44)20(11-14-26(41)42)31-23(36)12-9-21(29(45)46)33-27(43)18-7-5-17(6-8-18)15-30-22(35)3-2-4-24(37)38/h17-21H,2-15H2,1H3,(H,30,35)(H,31,36)(H,32,44)(H,33,43)(H,37,38)(H,39,40)(H,41,42)(H,45,46)/t17-,18-,19-,20-,21-/m0/s1. The largest absolute Gasteiger partial charge is 0.481 e. The quantitative estimate of drug-likeness (QED) is 0.0750. The number of Topliss-reactive ketones (excluding diaryl/α,β-unsaturated/α-hetero) is 1. The van der Waals surface area contributed by atoms with Gasteiger partial charge in [0.25, 0.3) is 0 Å². The summed E-state index contributed by atoms with van der Waals surface area (Å²) in [6.07, 6.45) is 0.0604. The highest BCUT2D eigenvalue weighted by atomic mass is 16.4. The Bertz CT molecular complexity index is 1130. The zero-order chi connectivity index (χ0) is 34.8. The Morgan fingerprint density at radius 1 is 0.609 bits per heavy atom. The molecule has 1 saturated carbocycles. The van der Waals surface area contributed by atoms with Crippen LogP contribution in [0.2, 0.25) is 0 Å². The summed E-state index contributed by atoms with van der Waals surface area (Å²) in [5.74, 6) is -8.18. The van der Waals surface area contributed by atoms with Gasteiger partial charge in [0.05, 0.1) is 6.04 Å². The Morgan fingerprint density at radius 2 is 1.15 bits per heavy atom. The van der Waals surface area contributed by atoms with E-state index in [2.05, 4.69) is 21.3 Å². The SMILES string of the molecule is CC(=O)[C@H](CCC(=O)O)NC(=O)[C@H](CCC(=O)O)NC(=O)CC[C@H](NC(=O)[C@H]1CC[C@H](CNC(=O)CCCC(=O)O)CC1)C(=O)O. The van der Waals surface area contributed by atoms with E-state index in [1.165, 1.54) is 0 Å². The Balaban J connectivity index is 2.63. The predicted molar refractivity (Wildman–Crippen MR) is 157 cm³/mol. The van der Waals surface area contributed by atoms with E-state index in [0.29, 0.717) is 32.2 Å². The molecule has 1 rings (SSSR count). The lowest BCUT2D eigenvalue weighted by Gasteiger charge is -2.28. The van der Waals surface area contributed by atoms with Crippen molar-refractivity contribution < 1.29 is 63.6 Å². The van der Waals surface area contributed by atoms with Crippen LogP contribution in [-0.2, 0) is 43.2 Å². The lowest BCUT2D eigenvalue weighted by atomic mass is 9.81. The first-order valence-electron chi connectivity index (χ1n) is 15.1. The average Bonchev–Trinajstić information content (AvgIpc) is 2.97. The Morgan fingerprint density at radius 3 is 1.67 bits per heavy atom. The summed E-state index contributed by atoms with van der Waals surface area (Å²) in [7, 11) is 0. The second-order valence-electron chi connectivity index (χ2n) is 11.4. The third kappa shape index (κ3) is 16.5. The van der Waals surface area contributed by atoms with Gasteiger partial charge in [-0.3, -0.25) is 38.4 Å². The minimum Gasteiger partial charge on any atom is -0.481 e. The molecule has 1 aliphatic rings. The van der Waals surface area contributed by atoms with Crippen LogP contribution in [0.5, 0.6) is 0 Å². The number of carboxylic acid groups (broad SMARTS) is 4. The van der Waals surface area contributed by atoms with E-state index in [1.54, 1.807) is 0 Å². The van der Waals surface area contributed by atoms with Crippen LogP contribution in [0.15, 0.2) is 0 Å². The van der Waals surface area contributed by atoms with Crippen LogP contribution < -0.4 is 21.3 Å². The molecule has 8 N–H and O–H groups in total. The fraction of sp³-hybridized carbons (Fsp3) is 0.690. The lowest BCUT2D eigenvalue weighted by molar-refractivity contribution is -0.143. The molecule has 0 radical (unpaired) electrons. The van der Waals surface area contributed by atoms with Gasteiger partial charge in [0, 0.05) is 44.6 Å². The van der Waals surface area contributed by atoms with Crippen LogP contribution in [0.3, 0.4) is 0 Å². The van der Waals surface area contributed by atoms with Gasteiger partial charge in [0.2, 0.25) is 23.6 Å². The molecule has 258 valence electrons. The third-order valence-electron chi connectivity index (χ3n) is 7.63. The highest BCUT2D eigenvalue weighted by Crippen LogP contribution is 2.28. The van der Waals surface area contributed by atoms with E-state index in [1.807, 2.05) is 0 Å². The van der Waals surface area contributed by atoms with Crippen LogP contribution in [0.25, 0.3) is 0 Å². The van der Waals surface area contributed by atoms with Gasteiger partial charge in [-0.05, 0) is 64.2 Å². The maximum absolute atomic E-state index is 12.8. The number of carbonyl (C=O) groups excluding carboxylic acids is 5. The van der Waals surface area contributed by atoms with Crippen LogP contribution in [-0.4, -0.2) is 98.4 Å². The maximum Gasteiger partial charge on any atom is 0.326 e. The Labute approximate surface area is 265 Å². The van der Waals surface area contributed by atoms with E-state index in [-0.39, 0.29) is 50.4 Å². The van der Waals surface area contributed by atoms with E-state index < -0.39 is 90.7 Å². The summed E-state index contributed by atoms with van der Waals surface area (Å²) in [4.78, 5) is 106. The van der Waals surface area contributed by atoms with E-state index >= 15 is 0 Å². The summed E-state index contributed by atoms with van der Waals surface area (Å²) in [5, 5.41) is 46.0. The smallest absolute Gasteiger partial charge is 0.326 e. The van der Waals surface area contributed by atoms with Crippen molar-refractivity contribution in [3.05, 3.63) is 0 Å². The molecule has 0 unspecified atom stereocenters. The molecular formula is C29H44N4O13. The summed E-state index contributed by atoms with van der Waals surface area (Å²) >= 11 is 0. The molecule has 3 atom stereocenters. The molecule has 0 aromatic rings. The van der Waals surface area contributed by atoms with Crippen molar-refractivity contribution in [2.75, 3.05) is 6.54 Å². The van der Waals surface area contributed by atoms with Crippen LogP contribution in [0.4, 0.5) is 0 Å². The van der Waals surface area contributed by atoms with Gasteiger partial charge in [-0.15, -0.1) is 0 Å². The number of hydrogen-bond donors (Lipinski definition) is 8. The van der Waals surface area contributed by atoms with Gasteiger partial charge in [-0.2, -0.15) is 0 Å². The minimum absolute atomic E-state index is 0.0969. The van der Waals surface area contributed by atoms with Crippen molar-refractivity contribution >= 4 is 53.3 Å². The van der Waals surface area contributed by atoms with Gasteiger partial charge in [0.15, 0.2) is 5.78 Å². The van der Waals surface area contributed by atoms with Crippen LogP contribution in [0, 0.1) is 11.8 Å². The van der Waals surface area contributed by atoms with Gasteiger partial charge in [-0.25, -0.2) is 4.79 Å². The van der Waals surface area contributed by atoms with E-state index in [9.17, 15) is 48.3 Å². The zero-order valence-corrected chi connectivity index (χ0v) is 25.7. The molecule has 0 spiro atoms. The molecular weight excluding hydrogens is 612 g/mol. The van der Waals surface area contributed by atoms with E-state index in [4.69, 9.17) is 15.3 Å². The second kappa shape index (κ2) is 20.5. The number of nitrogens with one attached hydrogen (secondary N) is 4. The normalized spacial score (nSPS) is 17.8. The Hall–Kier alpha value is -4.57. The Kier molecular flexibility index (Phi) is 17.5. The molecule has 46 heavy (non-hydrogen) atoms. The summed E-state index contributed by atoms with van der Waals surface area (Å²) < 4.78 is 0. The molecule has 4 amide bonds. The highest BCUT2D eigenvalue weighted by molar-refractivity contribution is 5.92. The number of carboxylic acids is 4. The fourth-order valence-corrected chi connectivity index (χ4v) is 4.92. The predicted octanol–water partition coefficient (Wildman–Crippen LogP) is -0.198. The third-order valence-corrected chi connectivity index (χ3v) is 7.63. The number of rotatable bonds is 22. The zero-order valence-electron chi connectivity index (χ0n) is 25.7. The first kappa shape index (κ1) is 39.5. The summed E-state index contributed by atoms with van der Waals surface area (Å²) in [5.41, 5.74) is 0. The van der Waals surface area contributed by atoms with Crippen molar-refractivity contribution in [1.82, 2.24) is 21.3 Å². The number of carbonyl (C=O) groups is 9. The van der Waals surface area contributed by atoms with Crippen molar-refractivity contribution in [2.24, 2.45) is 11.8 Å². The number of amides is 4. The first-order valence-corrected chi connectivity index (χ1v) is 15.1. The molecule has 0 saturated heterocycles. The highest BCUT2D eigenvalue weighted by Gasteiger charge is 2.31. The second-order valence-corrected chi connectivity index (χ2v) is 11.4. The summed E-state index contributed by atoms with van der Waals surface area (Å²) in [6, 6.07) is -4.01. The first-order chi connectivity index (χ1) is 21.6. The van der Waals surface area contributed by atoms with Crippen molar-refractivity contribution in [3.8, 4) is 0 Å². The minimum atomic E-state index is -1.43. The van der Waals surface area contributed by atoms with Crippen molar-refractivity contribution in [2.45, 2.75) is 109 Å². The molecule has 0 aliphatic heterocycles. The number of ketones is 1. The van der Waals surface area contributed by atoms with E-state index in [0.717, 1.165) is 6.92 Å². The van der Waals surface area contributed by atoms with Gasteiger partial charge in [-0.1, -0.05) is 0 Å². The molecule has 17 heteroatoms. The molecule has 0 aromatic heterocycles. The molecule has 1 aliphatic carbocycles. The van der Waals surface area contributed by atoms with Crippen LogP contribution >= 0.6 is 0 Å². The molecule has 0 bridgehead atoms. The fourth-order valence-electron chi connectivity index (χ4n) is 4.92. The molecule has 0 aromatic carbocycles. The monoisotopic (exact) mass is 656 g/mol. The van der Waals surface area contributed by atoms with Crippen LogP contribution in [0.1, 0.15) is 90.4 Å². The molecule has 1 fully saturated rings. The average molecular weight is 657 g/mol. The summed E-state index contributed by atoms with van der Waals surface area (Å²) in [6.45, 7) is 1.52. The lowest BCUT2D eigenvalue weighted by Crippen LogP contribution is -2.51. The number of aliphatic carboxylic acids is 4. The van der Waals surface area contributed by atoms with Crippen molar-refractivity contribution in [1.29, 1.82) is 0 Å². The topological polar surface area (TPSA) is 283 Å². The maximum atomic E-state index is 12.8.